The molecule has 20 heavy (non-hydrogen) atoms. The van der Waals surface area contributed by atoms with Crippen LogP contribution in [0.15, 0.2) is 30.3 Å². The number of likely N-dealkylation sites (tertiary alicyclic amines) is 1. The summed E-state index contributed by atoms with van der Waals surface area (Å²) in [7, 11) is 4.17. The summed E-state index contributed by atoms with van der Waals surface area (Å²) >= 11 is 0. The molecular formula is C16H25N3O. The lowest BCUT2D eigenvalue weighted by atomic mass is 9.96. The lowest BCUT2D eigenvalue weighted by Gasteiger charge is -2.28. The van der Waals surface area contributed by atoms with E-state index in [0.717, 1.165) is 32.5 Å². The SMILES string of the molecule is CN1CCC(C(=O)NCCN(C)c2ccccc2)CC1. The predicted octanol–water partition coefficient (Wildman–Crippen LogP) is 1.58. The Morgan fingerprint density at radius 2 is 1.95 bits per heavy atom. The third kappa shape index (κ3) is 4.23. The molecule has 1 aliphatic rings. The van der Waals surface area contributed by atoms with Gasteiger partial charge in [0.25, 0.3) is 0 Å². The van der Waals surface area contributed by atoms with Crippen LogP contribution in [-0.4, -0.2) is 51.1 Å². The molecule has 1 heterocycles. The maximum Gasteiger partial charge on any atom is 0.223 e. The molecule has 4 nitrogen and oxygen atoms in total. The minimum atomic E-state index is 0.202. The molecule has 1 aliphatic heterocycles. The van der Waals surface area contributed by atoms with Gasteiger partial charge in [0.15, 0.2) is 0 Å². The van der Waals surface area contributed by atoms with Crippen LogP contribution in [0, 0.1) is 5.92 Å². The number of carbonyl (C=O) groups excluding carboxylic acids is 1. The average molecular weight is 275 g/mol. The van der Waals surface area contributed by atoms with Crippen molar-refractivity contribution in [3.05, 3.63) is 30.3 Å². The minimum absolute atomic E-state index is 0.202. The van der Waals surface area contributed by atoms with Crippen LogP contribution in [0.25, 0.3) is 0 Å². The van der Waals surface area contributed by atoms with Gasteiger partial charge >= 0.3 is 0 Å². The van der Waals surface area contributed by atoms with Gasteiger partial charge in [-0.3, -0.25) is 4.79 Å². The number of piperidine rings is 1. The van der Waals surface area contributed by atoms with Gasteiger partial charge in [-0.2, -0.15) is 0 Å². The first-order valence-electron chi connectivity index (χ1n) is 7.39. The van der Waals surface area contributed by atoms with Gasteiger partial charge in [-0.1, -0.05) is 18.2 Å². The minimum Gasteiger partial charge on any atom is -0.373 e. The summed E-state index contributed by atoms with van der Waals surface area (Å²) in [5, 5.41) is 3.07. The first kappa shape index (κ1) is 14.9. The standard InChI is InChI=1S/C16H25N3O/c1-18-11-8-14(9-12-18)16(20)17-10-13-19(2)15-6-4-3-5-7-15/h3-7,14H,8-13H2,1-2H3,(H,17,20). The monoisotopic (exact) mass is 275 g/mol. The molecule has 0 saturated carbocycles. The Balaban J connectivity index is 1.69. The number of amides is 1. The van der Waals surface area contributed by atoms with Gasteiger partial charge in [0.1, 0.15) is 0 Å². The zero-order valence-corrected chi connectivity index (χ0v) is 12.5. The molecule has 2 rings (SSSR count). The third-order valence-corrected chi connectivity index (χ3v) is 4.03. The van der Waals surface area contributed by atoms with E-state index in [4.69, 9.17) is 0 Å². The number of hydrogen-bond donors (Lipinski definition) is 1. The topological polar surface area (TPSA) is 35.6 Å². The number of likely N-dealkylation sites (N-methyl/N-ethyl adjacent to an activating group) is 1. The Bertz CT molecular complexity index is 413. The highest BCUT2D eigenvalue weighted by Gasteiger charge is 2.22. The normalized spacial score (nSPS) is 16.9. The largest absolute Gasteiger partial charge is 0.373 e. The lowest BCUT2D eigenvalue weighted by Crippen LogP contribution is -2.41. The van der Waals surface area contributed by atoms with E-state index >= 15 is 0 Å². The van der Waals surface area contributed by atoms with Gasteiger partial charge < -0.3 is 15.1 Å². The van der Waals surface area contributed by atoms with E-state index in [1.54, 1.807) is 0 Å². The van der Waals surface area contributed by atoms with E-state index in [1.165, 1.54) is 5.69 Å². The van der Waals surface area contributed by atoms with Crippen molar-refractivity contribution < 1.29 is 4.79 Å². The van der Waals surface area contributed by atoms with Crippen molar-refractivity contribution in [1.29, 1.82) is 0 Å². The predicted molar refractivity (Wildman–Crippen MR) is 82.9 cm³/mol. The van der Waals surface area contributed by atoms with Crippen molar-refractivity contribution in [2.45, 2.75) is 12.8 Å². The molecule has 0 spiro atoms. The van der Waals surface area contributed by atoms with Crippen LogP contribution in [0.1, 0.15) is 12.8 Å². The van der Waals surface area contributed by atoms with Crippen LogP contribution in [0.5, 0.6) is 0 Å². The van der Waals surface area contributed by atoms with Gasteiger partial charge in [-0.05, 0) is 45.1 Å². The average Bonchev–Trinajstić information content (AvgIpc) is 2.48. The number of nitrogens with zero attached hydrogens (tertiary/aromatic N) is 2. The maximum absolute atomic E-state index is 12.1. The summed E-state index contributed by atoms with van der Waals surface area (Å²) in [5.74, 6) is 0.424. The van der Waals surface area contributed by atoms with Crippen LogP contribution in [0.4, 0.5) is 5.69 Å². The molecule has 1 aromatic rings. The van der Waals surface area contributed by atoms with Crippen molar-refractivity contribution >= 4 is 11.6 Å². The van der Waals surface area contributed by atoms with E-state index < -0.39 is 0 Å². The third-order valence-electron chi connectivity index (χ3n) is 4.03. The molecule has 1 amide bonds. The molecule has 0 bridgehead atoms. The molecule has 1 aromatic carbocycles. The highest BCUT2D eigenvalue weighted by molar-refractivity contribution is 5.78. The molecule has 1 fully saturated rings. The van der Waals surface area contributed by atoms with Gasteiger partial charge in [0.2, 0.25) is 5.91 Å². The summed E-state index contributed by atoms with van der Waals surface area (Å²) in [5.41, 5.74) is 1.18. The molecule has 1 saturated heterocycles. The Morgan fingerprint density at radius 3 is 2.60 bits per heavy atom. The number of hydrogen-bond acceptors (Lipinski definition) is 3. The van der Waals surface area contributed by atoms with Gasteiger partial charge in [-0.25, -0.2) is 0 Å². The Labute approximate surface area is 121 Å². The first-order chi connectivity index (χ1) is 9.66. The molecule has 0 unspecified atom stereocenters. The highest BCUT2D eigenvalue weighted by Crippen LogP contribution is 2.15. The van der Waals surface area contributed by atoms with Crippen LogP contribution in [0.2, 0.25) is 0 Å². The van der Waals surface area contributed by atoms with Gasteiger partial charge in [0, 0.05) is 31.7 Å². The summed E-state index contributed by atoms with van der Waals surface area (Å²) in [4.78, 5) is 16.5. The second-order valence-corrected chi connectivity index (χ2v) is 5.63. The van der Waals surface area contributed by atoms with E-state index in [9.17, 15) is 4.79 Å². The zero-order valence-electron chi connectivity index (χ0n) is 12.5. The first-order valence-corrected chi connectivity index (χ1v) is 7.39. The summed E-state index contributed by atoms with van der Waals surface area (Å²) in [6.45, 7) is 3.60. The summed E-state index contributed by atoms with van der Waals surface area (Å²) < 4.78 is 0. The number of nitrogens with one attached hydrogen (secondary N) is 1. The molecule has 0 atom stereocenters. The van der Waals surface area contributed by atoms with Crippen molar-refractivity contribution in [1.82, 2.24) is 10.2 Å². The van der Waals surface area contributed by atoms with E-state index in [-0.39, 0.29) is 11.8 Å². The van der Waals surface area contributed by atoms with Gasteiger partial charge in [-0.15, -0.1) is 0 Å². The fraction of sp³-hybridized carbons (Fsp3) is 0.562. The number of anilines is 1. The number of para-hydroxylation sites is 1. The van der Waals surface area contributed by atoms with Gasteiger partial charge in [0.05, 0.1) is 0 Å². The van der Waals surface area contributed by atoms with E-state index in [1.807, 2.05) is 18.2 Å². The fourth-order valence-electron chi connectivity index (χ4n) is 2.57. The number of rotatable bonds is 5. The Morgan fingerprint density at radius 1 is 1.30 bits per heavy atom. The molecule has 0 radical (unpaired) electrons. The van der Waals surface area contributed by atoms with Crippen LogP contribution in [-0.2, 0) is 4.79 Å². The smallest absolute Gasteiger partial charge is 0.223 e. The lowest BCUT2D eigenvalue weighted by molar-refractivity contribution is -0.126. The van der Waals surface area contributed by atoms with Crippen LogP contribution in [0.3, 0.4) is 0 Å². The number of benzene rings is 1. The molecular weight excluding hydrogens is 250 g/mol. The summed E-state index contributed by atoms with van der Waals surface area (Å²) in [6, 6.07) is 10.2. The van der Waals surface area contributed by atoms with Crippen molar-refractivity contribution in [3.8, 4) is 0 Å². The van der Waals surface area contributed by atoms with Crippen LogP contribution < -0.4 is 10.2 Å². The fourth-order valence-corrected chi connectivity index (χ4v) is 2.57. The molecule has 0 aromatic heterocycles. The Kier molecular flexibility index (Phi) is 5.41. The molecule has 110 valence electrons. The van der Waals surface area contributed by atoms with E-state index in [0.29, 0.717) is 6.54 Å². The summed E-state index contributed by atoms with van der Waals surface area (Å²) in [6.07, 6.45) is 1.97. The highest BCUT2D eigenvalue weighted by atomic mass is 16.1. The number of carbonyl (C=O) groups is 1. The molecule has 4 heteroatoms. The zero-order chi connectivity index (χ0) is 14.4. The maximum atomic E-state index is 12.1. The quantitative estimate of drug-likeness (QED) is 0.886. The van der Waals surface area contributed by atoms with Crippen molar-refractivity contribution in [3.63, 3.8) is 0 Å². The van der Waals surface area contributed by atoms with Crippen LogP contribution >= 0.6 is 0 Å². The molecule has 1 N–H and O–H groups in total. The second-order valence-electron chi connectivity index (χ2n) is 5.63. The van der Waals surface area contributed by atoms with Crippen molar-refractivity contribution in [2.75, 3.05) is 45.2 Å². The van der Waals surface area contributed by atoms with Crippen molar-refractivity contribution in [2.24, 2.45) is 5.92 Å². The molecule has 0 aliphatic carbocycles. The second kappa shape index (κ2) is 7.29. The Hall–Kier alpha value is -1.55. The van der Waals surface area contributed by atoms with E-state index in [2.05, 4.69) is 41.3 Å².